The van der Waals surface area contributed by atoms with Crippen LogP contribution < -0.4 is 93.4 Å². The highest BCUT2D eigenvalue weighted by atomic mass is 32.2. The van der Waals surface area contributed by atoms with Gasteiger partial charge in [0.2, 0.25) is 15.9 Å². The van der Waals surface area contributed by atoms with Gasteiger partial charge in [0.15, 0.2) is 63.3 Å². The fourth-order valence-electron chi connectivity index (χ4n) is 12.5. The Balaban J connectivity index is 0.000000159. The number of ketones is 1. The Labute approximate surface area is 760 Å². The molecule has 0 aliphatic rings. The molecule has 5 heterocycles. The van der Waals surface area contributed by atoms with Crippen molar-refractivity contribution in [2.24, 2.45) is 0 Å². The second-order valence-corrected chi connectivity index (χ2v) is 32.4. The number of hydrogen-bond donors (Lipinski definition) is 9. The lowest BCUT2D eigenvalue weighted by Gasteiger charge is -2.13. The lowest BCUT2D eigenvalue weighted by atomic mass is 10.1. The van der Waals surface area contributed by atoms with Crippen molar-refractivity contribution in [3.8, 4) is 57.5 Å². The van der Waals surface area contributed by atoms with Gasteiger partial charge < -0.3 is 79.3 Å². The predicted octanol–water partition coefficient (Wildman–Crippen LogP) is 16.5. The van der Waals surface area contributed by atoms with Crippen molar-refractivity contribution in [3.63, 3.8) is 0 Å². The van der Waals surface area contributed by atoms with E-state index in [1.54, 1.807) is 198 Å². The molecule has 680 valence electrons. The summed E-state index contributed by atoms with van der Waals surface area (Å²) in [4.78, 5) is 65.7. The van der Waals surface area contributed by atoms with Crippen LogP contribution in [-0.2, 0) is 46.1 Å². The van der Waals surface area contributed by atoms with Gasteiger partial charge in [0, 0.05) is 120 Å². The van der Waals surface area contributed by atoms with Crippen molar-refractivity contribution in [1.82, 2.24) is 49.8 Å². The lowest BCUT2D eigenvalue weighted by Crippen LogP contribution is -2.09. The summed E-state index contributed by atoms with van der Waals surface area (Å²) in [6, 6.07) is 53.2. The van der Waals surface area contributed by atoms with Gasteiger partial charge in [-0.3, -0.25) is 23.8 Å². The molecule has 0 radical (unpaired) electrons. The Morgan fingerprint density at radius 1 is 0.295 bits per heavy atom. The minimum atomic E-state index is -3.58. The Kier molecular flexibility index (Phi) is 32.4. The summed E-state index contributed by atoms with van der Waals surface area (Å²) in [7, 11) is 5.25. The molecule has 15 rings (SSSR count). The van der Waals surface area contributed by atoms with E-state index in [1.807, 2.05) is 54.6 Å². The third-order valence-electron chi connectivity index (χ3n) is 18.8. The third kappa shape index (κ3) is 25.6. The van der Waals surface area contributed by atoms with E-state index < -0.39 is 30.1 Å². The normalized spacial score (nSPS) is 10.8. The molecule has 5 aromatic heterocycles. The van der Waals surface area contributed by atoms with Crippen molar-refractivity contribution < 1.29 is 82.2 Å². The van der Waals surface area contributed by atoms with Crippen LogP contribution in [0.5, 0.6) is 57.5 Å². The Morgan fingerprint density at radius 2 is 0.545 bits per heavy atom. The smallest absolute Gasteiger partial charge is 0.254 e. The Bertz CT molecular complexity index is 7100. The van der Waals surface area contributed by atoms with Crippen LogP contribution in [0.3, 0.4) is 0 Å². The number of carbonyl (C=O) groups is 2. The maximum Gasteiger partial charge on any atom is 0.254 e. The summed E-state index contributed by atoms with van der Waals surface area (Å²) in [5.41, 5.74) is 10.2. The van der Waals surface area contributed by atoms with Gasteiger partial charge in [-0.05, 0) is 145 Å². The van der Waals surface area contributed by atoms with E-state index in [2.05, 4.69) is 122 Å². The van der Waals surface area contributed by atoms with E-state index >= 15 is 0 Å². The number of hydrogen-bond acceptors (Lipinski definition) is 33. The second-order valence-electron chi connectivity index (χ2n) is 27.4. The number of benzene rings is 10. The fourth-order valence-corrected chi connectivity index (χ4v) is 14.1. The summed E-state index contributed by atoms with van der Waals surface area (Å²) in [6.07, 6.45) is 11.3. The molecule has 0 bridgehead atoms. The van der Waals surface area contributed by atoms with Gasteiger partial charge in [-0.2, -0.15) is 0 Å². The van der Waals surface area contributed by atoms with Crippen LogP contribution in [0.1, 0.15) is 5.56 Å². The first-order valence-electron chi connectivity index (χ1n) is 39.1. The highest BCUT2D eigenvalue weighted by Crippen LogP contribution is 2.41. The molecule has 0 saturated carbocycles. The van der Waals surface area contributed by atoms with Crippen LogP contribution in [0, 0.1) is 0 Å². The number of allylic oxidation sites excluding steroid dienone is 1. The number of amides is 1. The van der Waals surface area contributed by atoms with E-state index in [4.69, 9.17) is 47.4 Å². The van der Waals surface area contributed by atoms with E-state index in [0.29, 0.717) is 138 Å². The van der Waals surface area contributed by atoms with Gasteiger partial charge in [-0.25, -0.2) is 75.1 Å². The zero-order valence-electron chi connectivity index (χ0n) is 73.1. The van der Waals surface area contributed by atoms with E-state index in [9.17, 15) is 34.8 Å². The van der Waals surface area contributed by atoms with Crippen molar-refractivity contribution in [1.29, 1.82) is 0 Å². The number of ether oxygens (including phenoxy) is 10. The molecule has 0 fully saturated rings. The number of aromatic nitrogens is 10. The molecular weight excluding hydrogens is 1760 g/mol. The zero-order valence-corrected chi connectivity index (χ0v) is 75.5. The number of anilines is 14. The number of nitrogens with zero attached hydrogens (tertiary/aromatic N) is 10. The van der Waals surface area contributed by atoms with Crippen molar-refractivity contribution in [3.05, 3.63) is 268 Å². The van der Waals surface area contributed by atoms with E-state index in [-0.39, 0.29) is 11.7 Å². The van der Waals surface area contributed by atoms with Crippen LogP contribution >= 0.6 is 0 Å². The number of sulfonamides is 3. The molecule has 0 unspecified atom stereocenters. The topological polar surface area (TPSA) is 466 Å². The number of carbonyl (C=O) groups excluding carboxylic acids is 2. The largest absolute Gasteiger partial charge is 0.493 e. The first kappa shape index (κ1) is 95.9. The molecule has 0 aliphatic carbocycles. The molecule has 15 aromatic rings. The molecule has 0 saturated heterocycles. The van der Waals surface area contributed by atoms with Gasteiger partial charge in [0.1, 0.15) is 60.7 Å². The first-order chi connectivity index (χ1) is 63.6. The molecule has 9 N–H and O–H groups in total. The second kappa shape index (κ2) is 44.6. The first-order valence-corrected chi connectivity index (χ1v) is 44.1. The van der Waals surface area contributed by atoms with Crippen LogP contribution in [-0.4, -0.2) is 164 Å². The Morgan fingerprint density at radius 3 is 0.826 bits per heavy atom. The molecular formula is C92H91N19O18S3. The maximum atomic E-state index is 11.6. The average Bonchev–Trinajstić information content (AvgIpc) is 0.813. The number of methoxy groups -OCH3 is 10. The molecule has 10 aromatic carbocycles. The molecule has 0 atom stereocenters. The number of fused-ring (bicyclic) bond motifs is 5. The molecule has 37 nitrogen and oxygen atoms in total. The monoisotopic (exact) mass is 1850 g/mol. The van der Waals surface area contributed by atoms with Crippen LogP contribution in [0.4, 0.5) is 80.3 Å². The molecule has 0 aliphatic heterocycles. The lowest BCUT2D eigenvalue weighted by molar-refractivity contribution is -0.114. The van der Waals surface area contributed by atoms with E-state index in [0.717, 1.165) is 83.3 Å². The van der Waals surface area contributed by atoms with Gasteiger partial charge in [0.25, 0.3) is 20.0 Å². The summed E-state index contributed by atoms with van der Waals surface area (Å²) < 4.78 is 129. The van der Waals surface area contributed by atoms with Crippen LogP contribution in [0.25, 0.3) is 54.5 Å². The summed E-state index contributed by atoms with van der Waals surface area (Å²) >= 11 is 0. The summed E-state index contributed by atoms with van der Waals surface area (Å²) in [5.74, 6) is 8.54. The molecule has 1 amide bonds. The average molecular weight is 1850 g/mol. The van der Waals surface area contributed by atoms with Gasteiger partial charge in [0.05, 0.1) is 111 Å². The molecule has 40 heteroatoms. The fraction of sp³-hybridized carbons (Fsp3) is 0.130. The van der Waals surface area contributed by atoms with E-state index in [1.165, 1.54) is 43.8 Å². The van der Waals surface area contributed by atoms with Crippen molar-refractivity contribution >= 4 is 177 Å². The highest BCUT2D eigenvalue weighted by molar-refractivity contribution is 7.95. The van der Waals surface area contributed by atoms with Gasteiger partial charge in [-0.1, -0.05) is 50.6 Å². The molecule has 132 heavy (non-hydrogen) atoms. The highest BCUT2D eigenvalue weighted by Gasteiger charge is 2.19. The van der Waals surface area contributed by atoms with Gasteiger partial charge >= 0.3 is 0 Å². The quantitative estimate of drug-likeness (QED) is 0.0172. The van der Waals surface area contributed by atoms with Crippen molar-refractivity contribution in [2.45, 2.75) is 6.42 Å². The predicted molar refractivity (Wildman–Crippen MR) is 514 cm³/mol. The Hall–Kier alpha value is -16.8. The number of nitrogens with one attached hydrogen (secondary N) is 9. The SMILES string of the molecule is C=CC(=O)Cc1ccc(Nc2ncnc3cc(OC)c(OC)cc23)cc1.C=CC(=O)Nc1cccc(Nc2ncnc3cc(OC)c(OC)cc23)c1.C=CS(=O)(=O)Nc1ccc(Nc2ncnc3cc(OC)c(OC)cc23)cc1.C=CS(=O)(=O)Nc1cccc(Nc2ncnc3cc(OC)c(OC)cc23)c1.COc1cc2ncnc(Nc3ccc(NS(C)(=O)=O)cc3)c2cc1OC. The standard InChI is InChI=1S/C20H19N3O3.C19H18N4O3.2C18H18N4O4S.C17H18N4O4S/c1-4-15(24)9-13-5-7-14(8-6-13)23-20-16-10-18(25-2)19(26-3)11-17(16)21-12-22-20;1-4-18(24)22-12-6-5-7-13(8-12)23-19-14-9-16(25-2)17(26-3)10-15(14)20-11-21-19;1-4-27(23,24)22-13-7-5-12(6-8-13)21-18-14-9-16(25-2)17(26-3)10-15(14)19-11-20-18;1-4-27(23,24)22-13-7-5-6-12(8-13)21-18-14-9-16(25-2)17(26-3)10-15(14)19-11-20-18;1-24-15-8-13-14(9-16(15)25-2)18-10-19-17(13)20-11-4-6-12(7-5-11)21-26(3,22)23/h4-8,10-12H,1,9H2,2-3H3,(H,21,22,23);4-11H,1H2,2-3H3,(H,22,24)(H,20,21,23);2*4-11,22H,1H2,2-3H3,(H,19,20,21);4-10,21H,1-3H3,(H,18,19,20). The third-order valence-corrected chi connectivity index (χ3v) is 21.3. The summed E-state index contributed by atoms with van der Waals surface area (Å²) in [5, 5.41) is 24.4. The maximum absolute atomic E-state index is 11.6. The van der Waals surface area contributed by atoms with Crippen LogP contribution in [0.2, 0.25) is 0 Å². The van der Waals surface area contributed by atoms with Crippen molar-refractivity contribution in [2.75, 3.05) is 123 Å². The minimum absolute atomic E-state index is 0.00598. The number of rotatable bonds is 33. The zero-order chi connectivity index (χ0) is 94.7. The minimum Gasteiger partial charge on any atom is -0.493 e. The van der Waals surface area contributed by atoms with Crippen LogP contribution in [0.15, 0.2) is 263 Å². The van der Waals surface area contributed by atoms with Gasteiger partial charge in [-0.15, -0.1) is 0 Å². The molecule has 0 spiro atoms. The summed E-state index contributed by atoms with van der Waals surface area (Å²) in [6.45, 7) is 13.5.